The molecule has 33 heavy (non-hydrogen) atoms. The van der Waals surface area contributed by atoms with Crippen LogP contribution >= 0.6 is 0 Å². The Balaban J connectivity index is 1.20. The molecule has 0 radical (unpaired) electrons. The van der Waals surface area contributed by atoms with Crippen LogP contribution in [0.5, 0.6) is 0 Å². The van der Waals surface area contributed by atoms with Crippen molar-refractivity contribution in [3.05, 3.63) is 70.8 Å². The van der Waals surface area contributed by atoms with E-state index in [4.69, 9.17) is 4.74 Å². The fourth-order valence-corrected chi connectivity index (χ4v) is 7.69. The van der Waals surface area contributed by atoms with E-state index in [9.17, 15) is 0 Å². The molecule has 4 rings (SSSR count). The Morgan fingerprint density at radius 1 is 0.697 bits per heavy atom. The van der Waals surface area contributed by atoms with Crippen LogP contribution in [0.2, 0.25) is 12.1 Å². The molecule has 2 aromatic carbocycles. The van der Waals surface area contributed by atoms with Crippen molar-refractivity contribution in [2.75, 3.05) is 13.7 Å². The summed E-state index contributed by atoms with van der Waals surface area (Å²) in [6, 6.07) is 19.3. The Kier molecular flexibility index (Phi) is 9.67. The summed E-state index contributed by atoms with van der Waals surface area (Å²) in [6.07, 6.45) is 16.2. The number of benzene rings is 2. The van der Waals surface area contributed by atoms with Gasteiger partial charge in [0.25, 0.3) is 0 Å². The lowest BCUT2D eigenvalue weighted by atomic mass is 9.77. The molecule has 2 saturated carbocycles. The van der Waals surface area contributed by atoms with E-state index in [1.165, 1.54) is 75.3 Å². The van der Waals surface area contributed by atoms with E-state index in [1.807, 2.05) is 7.11 Å². The Bertz CT molecular complexity index is 796. The summed E-state index contributed by atoms with van der Waals surface area (Å²) in [5, 5.41) is 0. The third-order valence-electron chi connectivity index (χ3n) is 8.84. The van der Waals surface area contributed by atoms with E-state index in [1.54, 1.807) is 11.1 Å². The van der Waals surface area contributed by atoms with Crippen molar-refractivity contribution < 1.29 is 4.74 Å². The van der Waals surface area contributed by atoms with Gasteiger partial charge in [0, 0.05) is 23.2 Å². The third kappa shape index (κ3) is 7.30. The molecule has 0 unspecified atom stereocenters. The molecule has 0 aromatic heterocycles. The van der Waals surface area contributed by atoms with Crippen LogP contribution < -0.4 is 0 Å². The average Bonchev–Trinajstić information content (AvgIpc) is 2.89. The van der Waals surface area contributed by atoms with Crippen molar-refractivity contribution in [2.24, 2.45) is 5.92 Å². The molecule has 2 fully saturated rings. The predicted molar refractivity (Wildman–Crippen MR) is 145 cm³/mol. The van der Waals surface area contributed by atoms with Crippen molar-refractivity contribution >= 4 is 9.52 Å². The number of hydrogen-bond acceptors (Lipinski definition) is 1. The normalized spacial score (nSPS) is 26.1. The van der Waals surface area contributed by atoms with Gasteiger partial charge in [-0.3, -0.25) is 0 Å². The maximum Gasteiger partial charge on any atom is 0.0462 e. The average molecular weight is 463 g/mol. The van der Waals surface area contributed by atoms with Crippen LogP contribution in [0.15, 0.2) is 48.5 Å². The SMILES string of the molecule is COCCC[C@H]1CC[C@H](c2ccc(CCc3ccc([C@H]4CC[C@H]([SiH2]C)CC4)cc3)cc2)CC1. The van der Waals surface area contributed by atoms with Gasteiger partial charge >= 0.3 is 0 Å². The van der Waals surface area contributed by atoms with Gasteiger partial charge in [0.1, 0.15) is 0 Å². The van der Waals surface area contributed by atoms with E-state index in [0.717, 1.165) is 42.7 Å². The molecular weight excluding hydrogens is 416 g/mol. The molecule has 0 amide bonds. The van der Waals surface area contributed by atoms with Gasteiger partial charge in [0.2, 0.25) is 0 Å². The summed E-state index contributed by atoms with van der Waals surface area (Å²) < 4.78 is 5.22. The number of aryl methyl sites for hydroxylation is 2. The van der Waals surface area contributed by atoms with E-state index >= 15 is 0 Å². The zero-order valence-corrected chi connectivity index (χ0v) is 22.7. The number of ether oxygens (including phenoxy) is 1. The smallest absolute Gasteiger partial charge is 0.0462 e. The summed E-state index contributed by atoms with van der Waals surface area (Å²) in [5.41, 5.74) is 7.25. The summed E-state index contributed by atoms with van der Waals surface area (Å²) in [5.74, 6) is 2.53. The quantitative estimate of drug-likeness (QED) is 0.258. The van der Waals surface area contributed by atoms with Crippen molar-refractivity contribution in [1.82, 2.24) is 0 Å². The molecule has 0 spiro atoms. The predicted octanol–water partition coefficient (Wildman–Crippen LogP) is 7.84. The van der Waals surface area contributed by atoms with Crippen LogP contribution in [0.3, 0.4) is 0 Å². The molecule has 0 atom stereocenters. The van der Waals surface area contributed by atoms with Crippen LogP contribution in [-0.2, 0) is 17.6 Å². The van der Waals surface area contributed by atoms with Gasteiger partial charge in [0.05, 0.1) is 0 Å². The first-order valence-corrected chi connectivity index (χ1v) is 16.1. The molecule has 0 N–H and O–H groups in total. The summed E-state index contributed by atoms with van der Waals surface area (Å²) in [7, 11) is 2.02. The molecule has 2 aliphatic carbocycles. The summed E-state index contributed by atoms with van der Waals surface area (Å²) >= 11 is 0. The highest BCUT2D eigenvalue weighted by Gasteiger charge is 2.22. The lowest BCUT2D eigenvalue weighted by Crippen LogP contribution is -2.14. The van der Waals surface area contributed by atoms with Crippen LogP contribution in [0.4, 0.5) is 0 Å². The fourth-order valence-electron chi connectivity index (χ4n) is 6.41. The fraction of sp³-hybridized carbons (Fsp3) is 0.613. The monoisotopic (exact) mass is 462 g/mol. The van der Waals surface area contributed by atoms with Crippen LogP contribution in [0, 0.1) is 5.92 Å². The Morgan fingerprint density at radius 3 is 1.64 bits per heavy atom. The second-order valence-corrected chi connectivity index (χ2v) is 12.9. The van der Waals surface area contributed by atoms with Gasteiger partial charge in [-0.05, 0) is 104 Å². The maximum atomic E-state index is 5.22. The van der Waals surface area contributed by atoms with E-state index < -0.39 is 0 Å². The second-order valence-electron chi connectivity index (χ2n) is 11.0. The van der Waals surface area contributed by atoms with Crippen LogP contribution in [0.25, 0.3) is 0 Å². The zero-order valence-electron chi connectivity index (χ0n) is 21.2. The molecule has 2 aliphatic rings. The maximum absolute atomic E-state index is 5.22. The molecular formula is C31H46OSi. The number of rotatable bonds is 10. The highest BCUT2D eigenvalue weighted by atomic mass is 28.2. The van der Waals surface area contributed by atoms with Gasteiger partial charge in [-0.2, -0.15) is 0 Å². The number of hydrogen-bond donors (Lipinski definition) is 0. The topological polar surface area (TPSA) is 9.23 Å². The Morgan fingerprint density at radius 2 is 1.18 bits per heavy atom. The first kappa shape index (κ1) is 24.7. The molecule has 1 nitrogen and oxygen atoms in total. The minimum absolute atomic E-state index is 0.208. The molecule has 0 saturated heterocycles. The first-order chi connectivity index (χ1) is 16.2. The van der Waals surface area contributed by atoms with Gasteiger partial charge in [-0.25, -0.2) is 0 Å². The standard InChI is InChI=1S/C31H46OSi/c1-32-23-3-4-24-7-13-27(14-8-24)28-15-9-25(10-16-28)5-6-26-11-17-29(18-12-26)30-19-21-31(33-2)22-20-30/h9-12,15-18,24,27,30-31H,3-8,13-14,19-23,33H2,1-2H3/t24-,27-,30-,31-. The highest BCUT2D eigenvalue weighted by Crippen LogP contribution is 2.39. The minimum Gasteiger partial charge on any atom is -0.385 e. The first-order valence-electron chi connectivity index (χ1n) is 13.9. The van der Waals surface area contributed by atoms with Crippen LogP contribution in [0.1, 0.15) is 98.3 Å². The Labute approximate surface area is 205 Å². The van der Waals surface area contributed by atoms with Gasteiger partial charge in [0.15, 0.2) is 0 Å². The molecule has 180 valence electrons. The van der Waals surface area contributed by atoms with Crippen molar-refractivity contribution in [3.63, 3.8) is 0 Å². The van der Waals surface area contributed by atoms with E-state index in [0.29, 0.717) is 0 Å². The third-order valence-corrected chi connectivity index (χ3v) is 10.8. The highest BCUT2D eigenvalue weighted by molar-refractivity contribution is 6.35. The lowest BCUT2D eigenvalue weighted by molar-refractivity contribution is 0.180. The van der Waals surface area contributed by atoms with E-state index in [-0.39, 0.29) is 9.52 Å². The van der Waals surface area contributed by atoms with Crippen molar-refractivity contribution in [3.8, 4) is 0 Å². The molecule has 2 heteroatoms. The second kappa shape index (κ2) is 12.9. The lowest BCUT2D eigenvalue weighted by Gasteiger charge is -2.29. The van der Waals surface area contributed by atoms with Crippen LogP contribution in [-0.4, -0.2) is 23.2 Å². The number of methoxy groups -OCH3 is 1. The molecule has 2 aromatic rings. The molecule has 0 aliphatic heterocycles. The van der Waals surface area contributed by atoms with Gasteiger partial charge in [-0.15, -0.1) is 0 Å². The van der Waals surface area contributed by atoms with Gasteiger partial charge in [-0.1, -0.05) is 73.5 Å². The Hall–Kier alpha value is -1.38. The van der Waals surface area contributed by atoms with E-state index in [2.05, 4.69) is 55.1 Å². The minimum atomic E-state index is 0.208. The van der Waals surface area contributed by atoms with Crippen molar-refractivity contribution in [2.45, 2.75) is 101 Å². The zero-order chi connectivity index (χ0) is 22.9. The molecule has 0 bridgehead atoms. The summed E-state index contributed by atoms with van der Waals surface area (Å²) in [4.78, 5) is 0. The molecule has 0 heterocycles. The van der Waals surface area contributed by atoms with Gasteiger partial charge < -0.3 is 4.74 Å². The van der Waals surface area contributed by atoms with Crippen molar-refractivity contribution in [1.29, 1.82) is 0 Å². The summed E-state index contributed by atoms with van der Waals surface area (Å²) in [6.45, 7) is 3.41. The largest absolute Gasteiger partial charge is 0.385 e.